The molecule has 1 aliphatic heterocycles. The molecule has 7 nitrogen and oxygen atoms in total. The molecule has 194 valence electrons. The SMILES string of the molecule is COc1ccccc1-n1c(SCC(=O)N2CCN(C/C=C/c3ccccc3)CC2)nnc1-c1ccccc1. The number of methoxy groups -OCH3 is 1. The highest BCUT2D eigenvalue weighted by Gasteiger charge is 2.23. The van der Waals surface area contributed by atoms with Gasteiger partial charge >= 0.3 is 0 Å². The standard InChI is InChI=1S/C30H31N5O2S/c1-37-27-17-9-8-16-26(27)35-29(25-14-6-3-7-15-25)31-32-30(35)38-23-28(36)34-21-19-33(20-22-34)18-10-13-24-11-4-2-5-12-24/h2-17H,18-23H2,1H3/b13-10+. The van der Waals surface area contributed by atoms with Crippen molar-refractivity contribution in [2.75, 3.05) is 45.6 Å². The maximum atomic E-state index is 13.1. The molecule has 5 rings (SSSR count). The first kappa shape index (κ1) is 25.8. The number of benzene rings is 3. The van der Waals surface area contributed by atoms with Crippen molar-refractivity contribution in [1.29, 1.82) is 0 Å². The first-order chi connectivity index (χ1) is 18.7. The Bertz CT molecular complexity index is 1370. The molecule has 4 aromatic rings. The zero-order valence-electron chi connectivity index (χ0n) is 21.4. The molecule has 0 atom stereocenters. The lowest BCUT2D eigenvalue weighted by Crippen LogP contribution is -2.49. The Morgan fingerprint density at radius 3 is 2.32 bits per heavy atom. The molecule has 0 N–H and O–H groups in total. The fourth-order valence-corrected chi connectivity index (χ4v) is 5.32. The number of carbonyl (C=O) groups excluding carboxylic acids is 1. The molecule has 0 spiro atoms. The molecule has 3 aromatic carbocycles. The van der Waals surface area contributed by atoms with Crippen molar-refractivity contribution in [2.45, 2.75) is 5.16 Å². The minimum absolute atomic E-state index is 0.116. The summed E-state index contributed by atoms with van der Waals surface area (Å²) in [6.07, 6.45) is 4.34. The van der Waals surface area contributed by atoms with Crippen LogP contribution in [0.4, 0.5) is 0 Å². The van der Waals surface area contributed by atoms with Crippen LogP contribution in [0, 0.1) is 0 Å². The number of thioether (sulfide) groups is 1. The van der Waals surface area contributed by atoms with Crippen molar-refractivity contribution in [3.63, 3.8) is 0 Å². The van der Waals surface area contributed by atoms with Gasteiger partial charge in [0.15, 0.2) is 11.0 Å². The van der Waals surface area contributed by atoms with E-state index in [0.29, 0.717) is 16.7 Å². The van der Waals surface area contributed by atoms with Crippen molar-refractivity contribution in [3.05, 3.63) is 96.6 Å². The summed E-state index contributed by atoms with van der Waals surface area (Å²) in [5, 5.41) is 9.61. The summed E-state index contributed by atoms with van der Waals surface area (Å²) in [6, 6.07) is 28.0. The first-order valence-electron chi connectivity index (χ1n) is 12.7. The van der Waals surface area contributed by atoms with Gasteiger partial charge in [0.1, 0.15) is 5.75 Å². The van der Waals surface area contributed by atoms with E-state index in [1.165, 1.54) is 17.3 Å². The molecule has 0 bridgehead atoms. The lowest BCUT2D eigenvalue weighted by atomic mass is 10.2. The Kier molecular flexibility index (Phi) is 8.53. The van der Waals surface area contributed by atoms with Crippen LogP contribution in [0.1, 0.15) is 5.56 Å². The zero-order chi connectivity index (χ0) is 26.2. The second-order valence-corrected chi connectivity index (χ2v) is 9.91. The van der Waals surface area contributed by atoms with Crippen LogP contribution in [0.3, 0.4) is 0 Å². The summed E-state index contributed by atoms with van der Waals surface area (Å²) in [6.45, 7) is 4.08. The van der Waals surface area contributed by atoms with Crippen LogP contribution in [-0.2, 0) is 4.79 Å². The van der Waals surface area contributed by atoms with Crippen molar-refractivity contribution in [3.8, 4) is 22.8 Å². The topological polar surface area (TPSA) is 63.5 Å². The second kappa shape index (κ2) is 12.6. The summed E-state index contributed by atoms with van der Waals surface area (Å²) in [7, 11) is 1.65. The van der Waals surface area contributed by atoms with Gasteiger partial charge in [0.2, 0.25) is 5.91 Å². The van der Waals surface area contributed by atoms with E-state index < -0.39 is 0 Å². The van der Waals surface area contributed by atoms with Crippen molar-refractivity contribution < 1.29 is 9.53 Å². The molecule has 1 saturated heterocycles. The molecule has 8 heteroatoms. The number of para-hydroxylation sites is 2. The van der Waals surface area contributed by atoms with Crippen LogP contribution in [-0.4, -0.2) is 76.1 Å². The van der Waals surface area contributed by atoms with E-state index in [0.717, 1.165) is 49.7 Å². The van der Waals surface area contributed by atoms with Crippen LogP contribution < -0.4 is 4.74 Å². The predicted octanol–water partition coefficient (Wildman–Crippen LogP) is 4.89. The van der Waals surface area contributed by atoms with Gasteiger partial charge in [-0.15, -0.1) is 10.2 Å². The van der Waals surface area contributed by atoms with E-state index in [2.05, 4.69) is 39.4 Å². The fraction of sp³-hybridized carbons (Fsp3) is 0.233. The minimum atomic E-state index is 0.116. The van der Waals surface area contributed by atoms with Crippen LogP contribution in [0.2, 0.25) is 0 Å². The van der Waals surface area contributed by atoms with Gasteiger partial charge in [0.05, 0.1) is 18.6 Å². The van der Waals surface area contributed by atoms with Crippen molar-refractivity contribution in [1.82, 2.24) is 24.6 Å². The Balaban J connectivity index is 1.23. The molecular weight excluding hydrogens is 494 g/mol. The maximum Gasteiger partial charge on any atom is 0.233 e. The molecule has 0 saturated carbocycles. The Morgan fingerprint density at radius 2 is 1.58 bits per heavy atom. The van der Waals surface area contributed by atoms with Gasteiger partial charge in [0.25, 0.3) is 0 Å². The fourth-order valence-electron chi connectivity index (χ4n) is 4.47. The summed E-state index contributed by atoms with van der Waals surface area (Å²) < 4.78 is 7.60. The zero-order valence-corrected chi connectivity index (χ0v) is 22.3. The molecule has 2 heterocycles. The smallest absolute Gasteiger partial charge is 0.233 e. The maximum absolute atomic E-state index is 13.1. The van der Waals surface area contributed by atoms with Crippen LogP contribution in [0.15, 0.2) is 96.2 Å². The highest BCUT2D eigenvalue weighted by molar-refractivity contribution is 7.99. The summed E-state index contributed by atoms with van der Waals surface area (Å²) in [5.74, 6) is 1.85. The van der Waals surface area contributed by atoms with Gasteiger partial charge in [-0.3, -0.25) is 14.3 Å². The first-order valence-corrected chi connectivity index (χ1v) is 13.7. The highest BCUT2D eigenvalue weighted by atomic mass is 32.2. The van der Waals surface area contributed by atoms with Crippen LogP contribution in [0.5, 0.6) is 5.75 Å². The van der Waals surface area contributed by atoms with Gasteiger partial charge in [0, 0.05) is 38.3 Å². The van der Waals surface area contributed by atoms with Gasteiger partial charge in [-0.2, -0.15) is 0 Å². The number of ether oxygens (including phenoxy) is 1. The van der Waals surface area contributed by atoms with E-state index in [1.54, 1.807) is 7.11 Å². The van der Waals surface area contributed by atoms with E-state index in [4.69, 9.17) is 4.74 Å². The van der Waals surface area contributed by atoms with E-state index in [9.17, 15) is 4.79 Å². The van der Waals surface area contributed by atoms with Crippen LogP contribution in [0.25, 0.3) is 23.2 Å². The number of rotatable bonds is 9. The monoisotopic (exact) mass is 525 g/mol. The number of carbonyl (C=O) groups is 1. The van der Waals surface area contributed by atoms with E-state index in [-0.39, 0.29) is 5.91 Å². The van der Waals surface area contributed by atoms with E-state index in [1.807, 2.05) is 82.3 Å². The molecular formula is C30H31N5O2S. The molecule has 0 unspecified atom stereocenters. The number of piperazine rings is 1. The number of amides is 1. The van der Waals surface area contributed by atoms with Gasteiger partial charge in [-0.25, -0.2) is 0 Å². The second-order valence-electron chi connectivity index (χ2n) is 8.96. The summed E-state index contributed by atoms with van der Waals surface area (Å²) in [4.78, 5) is 17.4. The third-order valence-electron chi connectivity index (χ3n) is 6.51. The third-order valence-corrected chi connectivity index (χ3v) is 7.43. The Hall–Kier alpha value is -3.88. The van der Waals surface area contributed by atoms with E-state index >= 15 is 0 Å². The third kappa shape index (κ3) is 6.15. The van der Waals surface area contributed by atoms with Crippen LogP contribution >= 0.6 is 11.8 Å². The molecule has 0 aliphatic carbocycles. The number of hydrogen-bond acceptors (Lipinski definition) is 6. The quantitative estimate of drug-likeness (QED) is 0.290. The summed E-state index contributed by atoms with van der Waals surface area (Å²) in [5.41, 5.74) is 2.99. The Labute approximate surface area is 227 Å². The molecule has 1 fully saturated rings. The average Bonchev–Trinajstić information content (AvgIpc) is 3.41. The number of hydrogen-bond donors (Lipinski definition) is 0. The van der Waals surface area contributed by atoms with Gasteiger partial charge in [-0.1, -0.05) is 96.7 Å². The average molecular weight is 526 g/mol. The Morgan fingerprint density at radius 1 is 0.895 bits per heavy atom. The number of nitrogens with zero attached hydrogens (tertiary/aromatic N) is 5. The highest BCUT2D eigenvalue weighted by Crippen LogP contribution is 2.32. The van der Waals surface area contributed by atoms with Gasteiger partial charge in [-0.05, 0) is 17.7 Å². The predicted molar refractivity (Wildman–Crippen MR) is 153 cm³/mol. The largest absolute Gasteiger partial charge is 0.495 e. The van der Waals surface area contributed by atoms with Gasteiger partial charge < -0.3 is 9.64 Å². The minimum Gasteiger partial charge on any atom is -0.495 e. The molecule has 1 aromatic heterocycles. The normalized spacial score (nSPS) is 14.2. The lowest BCUT2D eigenvalue weighted by Gasteiger charge is -2.34. The molecule has 1 aliphatic rings. The number of aromatic nitrogens is 3. The molecule has 0 radical (unpaired) electrons. The molecule has 38 heavy (non-hydrogen) atoms. The molecule has 1 amide bonds. The van der Waals surface area contributed by atoms with Crippen molar-refractivity contribution in [2.24, 2.45) is 0 Å². The summed E-state index contributed by atoms with van der Waals surface area (Å²) >= 11 is 1.41. The van der Waals surface area contributed by atoms with Crippen molar-refractivity contribution >= 4 is 23.7 Å². The lowest BCUT2D eigenvalue weighted by molar-refractivity contribution is -0.130.